The van der Waals surface area contributed by atoms with Crippen molar-refractivity contribution in [2.75, 3.05) is 39.9 Å². The van der Waals surface area contributed by atoms with Crippen molar-refractivity contribution in [3.8, 4) is 11.5 Å². The molecule has 4 rings (SSSR count). The van der Waals surface area contributed by atoms with Crippen molar-refractivity contribution < 1.29 is 28.6 Å². The summed E-state index contributed by atoms with van der Waals surface area (Å²) in [6.45, 7) is 12.3. The highest BCUT2D eigenvalue weighted by molar-refractivity contribution is 6.42. The van der Waals surface area contributed by atoms with Gasteiger partial charge in [-0.3, -0.25) is 14.6 Å². The molecule has 0 spiro atoms. The molecule has 1 amide bonds. The molecule has 228 valence electrons. The number of Topliss-reactive ketones (excluding diaryl/α,β-unsaturated/α-hetero) is 1. The molecule has 2 atom stereocenters. The lowest BCUT2D eigenvalue weighted by Gasteiger charge is -2.29. The predicted octanol–water partition coefficient (Wildman–Crippen LogP) is 5.09. The summed E-state index contributed by atoms with van der Waals surface area (Å²) in [6.07, 6.45) is 4.45. The Balaban J connectivity index is 1.54. The van der Waals surface area contributed by atoms with Gasteiger partial charge in [-0.05, 0) is 87.2 Å². The van der Waals surface area contributed by atoms with E-state index in [1.165, 1.54) is 12.1 Å². The van der Waals surface area contributed by atoms with Gasteiger partial charge in [0.25, 0.3) is 5.91 Å². The average Bonchev–Trinajstić information content (AvgIpc) is 3.53. The Hall–Kier alpha value is -4.08. The molecule has 2 aromatic carbocycles. The van der Waals surface area contributed by atoms with Crippen LogP contribution in [0.15, 0.2) is 71.3 Å². The maximum absolute atomic E-state index is 14.8. The molecule has 1 saturated heterocycles. The number of hydrogen-bond donors (Lipinski definition) is 2. The van der Waals surface area contributed by atoms with E-state index in [4.69, 9.17) is 9.47 Å². The summed E-state index contributed by atoms with van der Waals surface area (Å²) in [6, 6.07) is 8.57. The molecule has 0 bridgehead atoms. The number of likely N-dealkylation sites (tertiary alicyclic amines) is 1. The van der Waals surface area contributed by atoms with E-state index in [0.717, 1.165) is 53.9 Å². The number of aliphatic hydroxyl groups excluding tert-OH is 1. The number of ketones is 1. The fourth-order valence-corrected chi connectivity index (χ4v) is 5.33. The Bertz CT molecular complexity index is 1450. The minimum Gasteiger partial charge on any atom is -0.486 e. The maximum atomic E-state index is 14.8. The molecule has 0 aromatic heterocycles. The molecule has 2 heterocycles. The first kappa shape index (κ1) is 31.8. The molecule has 43 heavy (non-hydrogen) atoms. The number of rotatable bonds is 11. The van der Waals surface area contributed by atoms with Crippen LogP contribution in [0.4, 0.5) is 4.39 Å². The highest BCUT2D eigenvalue weighted by Crippen LogP contribution is 2.36. The van der Waals surface area contributed by atoms with Crippen molar-refractivity contribution in [3.63, 3.8) is 0 Å². The number of carbonyl (C=O) groups is 2. The Morgan fingerprint density at radius 1 is 1.09 bits per heavy atom. The Morgan fingerprint density at radius 3 is 2.37 bits per heavy atom. The van der Waals surface area contributed by atoms with Crippen LogP contribution in [0.1, 0.15) is 61.2 Å². The molecule has 9 heteroatoms. The van der Waals surface area contributed by atoms with E-state index in [-0.39, 0.29) is 35.8 Å². The Kier molecular flexibility index (Phi) is 10.7. The number of carbonyl (C=O) groups excluding carboxylic acids is 2. The standard InChI is InChI=1S/C34H40FN3O5/c1-6-23(17-27(21(2)3)22(4)36-5)24-9-11-25(12-10-24)32(40)34(41)37-29(20-38-13-7-8-14-38)31(39)26-18-28(35)33-30(19-26)42-15-16-43-33/h6,9-12,17-19,29,31,39H,1,7-8,13-16,20H2,2-5H3,(H,37,41). The molecule has 0 radical (unpaired) electrons. The zero-order chi connectivity index (χ0) is 31.1. The molecule has 0 aliphatic carbocycles. The molecule has 2 aliphatic heterocycles. The van der Waals surface area contributed by atoms with Crippen molar-refractivity contribution in [2.45, 2.75) is 45.8 Å². The van der Waals surface area contributed by atoms with Crippen LogP contribution in [0.2, 0.25) is 0 Å². The topological polar surface area (TPSA) is 100 Å². The molecule has 2 aromatic rings. The number of nitrogens with one attached hydrogen (secondary N) is 1. The van der Waals surface area contributed by atoms with Gasteiger partial charge in [0, 0.05) is 24.9 Å². The normalized spacial score (nSPS) is 16.8. The van der Waals surface area contributed by atoms with Gasteiger partial charge in [-0.2, -0.15) is 0 Å². The second-order valence-corrected chi connectivity index (χ2v) is 11.0. The van der Waals surface area contributed by atoms with Crippen LogP contribution in [-0.4, -0.2) is 73.3 Å². The van der Waals surface area contributed by atoms with E-state index in [1.807, 2.05) is 26.8 Å². The van der Waals surface area contributed by atoms with Crippen LogP contribution in [-0.2, 0) is 4.79 Å². The van der Waals surface area contributed by atoms with E-state index in [0.29, 0.717) is 6.54 Å². The van der Waals surface area contributed by atoms with E-state index in [1.54, 1.807) is 37.4 Å². The van der Waals surface area contributed by atoms with Gasteiger partial charge in [-0.15, -0.1) is 0 Å². The quantitative estimate of drug-likeness (QED) is 0.164. The lowest BCUT2D eigenvalue weighted by molar-refractivity contribution is -0.118. The van der Waals surface area contributed by atoms with Gasteiger partial charge in [0.05, 0.1) is 6.04 Å². The number of halogens is 1. The minimum absolute atomic E-state index is 0.00103. The smallest absolute Gasteiger partial charge is 0.292 e. The number of allylic oxidation sites excluding steroid dienone is 5. The average molecular weight is 590 g/mol. The molecular weight excluding hydrogens is 549 g/mol. The fraction of sp³-hybridized carbons (Fsp3) is 0.382. The zero-order valence-corrected chi connectivity index (χ0v) is 25.3. The molecular formula is C34H40FN3O5. The van der Waals surface area contributed by atoms with Gasteiger partial charge in [0.2, 0.25) is 5.78 Å². The predicted molar refractivity (Wildman–Crippen MR) is 166 cm³/mol. The summed E-state index contributed by atoms with van der Waals surface area (Å²) in [5.74, 6) is -2.04. The number of fused-ring (bicyclic) bond motifs is 1. The van der Waals surface area contributed by atoms with Gasteiger partial charge in [0.15, 0.2) is 17.3 Å². The first-order chi connectivity index (χ1) is 20.6. The molecule has 8 nitrogen and oxygen atoms in total. The van der Waals surface area contributed by atoms with Gasteiger partial charge in [-0.25, -0.2) is 4.39 Å². The number of benzene rings is 2. The minimum atomic E-state index is -1.29. The molecule has 2 N–H and O–H groups in total. The number of ether oxygens (including phenoxy) is 2. The van der Waals surface area contributed by atoms with Gasteiger partial charge >= 0.3 is 0 Å². The lowest BCUT2D eigenvalue weighted by Crippen LogP contribution is -2.48. The molecule has 0 saturated carbocycles. The first-order valence-corrected chi connectivity index (χ1v) is 14.5. The van der Waals surface area contributed by atoms with Crippen LogP contribution in [0, 0.1) is 5.82 Å². The summed E-state index contributed by atoms with van der Waals surface area (Å²) in [7, 11) is 1.74. The van der Waals surface area contributed by atoms with Gasteiger partial charge < -0.3 is 24.8 Å². The summed E-state index contributed by atoms with van der Waals surface area (Å²) in [5, 5.41) is 14.0. The number of amides is 1. The van der Waals surface area contributed by atoms with Crippen molar-refractivity contribution in [3.05, 3.63) is 88.8 Å². The van der Waals surface area contributed by atoms with Crippen LogP contribution in [0.25, 0.3) is 5.57 Å². The summed E-state index contributed by atoms with van der Waals surface area (Å²) in [5.41, 5.74) is 5.12. The highest BCUT2D eigenvalue weighted by Gasteiger charge is 2.31. The number of aliphatic imine (C=N–C) groups is 1. The summed E-state index contributed by atoms with van der Waals surface area (Å²) < 4.78 is 25.6. The number of aliphatic hydroxyl groups is 1. The third-order valence-corrected chi connectivity index (χ3v) is 7.78. The number of hydrogen-bond acceptors (Lipinski definition) is 7. The van der Waals surface area contributed by atoms with E-state index >= 15 is 0 Å². The molecule has 2 unspecified atom stereocenters. The number of nitrogens with zero attached hydrogens (tertiary/aromatic N) is 2. The largest absolute Gasteiger partial charge is 0.486 e. The second-order valence-electron chi connectivity index (χ2n) is 11.0. The van der Waals surface area contributed by atoms with Crippen molar-refractivity contribution in [2.24, 2.45) is 4.99 Å². The summed E-state index contributed by atoms with van der Waals surface area (Å²) >= 11 is 0. The van der Waals surface area contributed by atoms with E-state index < -0.39 is 29.7 Å². The van der Waals surface area contributed by atoms with Crippen LogP contribution < -0.4 is 14.8 Å². The van der Waals surface area contributed by atoms with Crippen molar-refractivity contribution >= 4 is 23.0 Å². The van der Waals surface area contributed by atoms with Crippen LogP contribution in [0.5, 0.6) is 11.5 Å². The molecule has 2 aliphatic rings. The van der Waals surface area contributed by atoms with E-state index in [2.05, 4.69) is 21.8 Å². The maximum Gasteiger partial charge on any atom is 0.292 e. The van der Waals surface area contributed by atoms with E-state index in [9.17, 15) is 19.1 Å². The Morgan fingerprint density at radius 2 is 1.74 bits per heavy atom. The first-order valence-electron chi connectivity index (χ1n) is 14.5. The van der Waals surface area contributed by atoms with Gasteiger partial charge in [-0.1, -0.05) is 42.5 Å². The second kappa shape index (κ2) is 14.4. The fourth-order valence-electron chi connectivity index (χ4n) is 5.33. The third kappa shape index (κ3) is 7.66. The monoisotopic (exact) mass is 589 g/mol. The third-order valence-electron chi connectivity index (χ3n) is 7.78. The summed E-state index contributed by atoms with van der Waals surface area (Å²) in [4.78, 5) is 32.8. The van der Waals surface area contributed by atoms with Crippen molar-refractivity contribution in [1.29, 1.82) is 0 Å². The van der Waals surface area contributed by atoms with Gasteiger partial charge in [0.1, 0.15) is 19.3 Å². The highest BCUT2D eigenvalue weighted by atomic mass is 19.1. The zero-order valence-electron chi connectivity index (χ0n) is 25.3. The van der Waals surface area contributed by atoms with Crippen LogP contribution in [0.3, 0.4) is 0 Å². The molecule has 1 fully saturated rings. The van der Waals surface area contributed by atoms with Crippen LogP contribution >= 0.6 is 0 Å². The lowest BCUT2D eigenvalue weighted by atomic mass is 9.97. The SMILES string of the molecule is C=CC(=CC(C(C)=NC)=C(C)C)c1ccc(C(=O)C(=O)NC(CN2CCCC2)C(O)c2cc(F)c3c(c2)OCCO3)cc1. The van der Waals surface area contributed by atoms with Crippen molar-refractivity contribution in [1.82, 2.24) is 10.2 Å². The Labute approximate surface area is 252 Å².